The summed E-state index contributed by atoms with van der Waals surface area (Å²) in [5.41, 5.74) is 3.91. The normalized spacial score (nSPS) is 12.3. The van der Waals surface area contributed by atoms with E-state index in [1.165, 1.54) is 36.0 Å². The summed E-state index contributed by atoms with van der Waals surface area (Å²) in [5.74, 6) is 0. The number of unbranched alkanes of at least 4 members (excludes halogenated alkanes) is 1. The van der Waals surface area contributed by atoms with Gasteiger partial charge in [-0.3, -0.25) is 4.98 Å². The Kier molecular flexibility index (Phi) is 5.10. The molecule has 0 spiro atoms. The Morgan fingerprint density at radius 3 is 2.47 bits per heavy atom. The van der Waals surface area contributed by atoms with Gasteiger partial charge in [0.25, 0.3) is 0 Å². The first-order chi connectivity index (χ1) is 9.35. The Morgan fingerprint density at radius 1 is 1.11 bits per heavy atom. The lowest BCUT2D eigenvalue weighted by atomic mass is 9.98. The van der Waals surface area contributed by atoms with Gasteiger partial charge in [0.2, 0.25) is 0 Å². The van der Waals surface area contributed by atoms with Gasteiger partial charge in [-0.05, 0) is 42.6 Å². The molecule has 1 aromatic heterocycles. The van der Waals surface area contributed by atoms with Crippen LogP contribution in [0.4, 0.5) is 0 Å². The molecule has 0 aliphatic carbocycles. The highest BCUT2D eigenvalue weighted by atomic mass is 14.9. The maximum atomic E-state index is 4.20. The number of hydrogen-bond acceptors (Lipinski definition) is 2. The van der Waals surface area contributed by atoms with Gasteiger partial charge < -0.3 is 5.32 Å². The van der Waals surface area contributed by atoms with E-state index in [2.05, 4.69) is 47.6 Å². The molecular formula is C17H22N2. The Morgan fingerprint density at radius 2 is 1.89 bits per heavy atom. The quantitative estimate of drug-likeness (QED) is 0.849. The van der Waals surface area contributed by atoms with Crippen LogP contribution in [-0.2, 0) is 6.42 Å². The van der Waals surface area contributed by atoms with E-state index in [-0.39, 0.29) is 6.04 Å². The predicted molar refractivity (Wildman–Crippen MR) is 80.2 cm³/mol. The van der Waals surface area contributed by atoms with Crippen LogP contribution in [0.2, 0.25) is 0 Å². The average Bonchev–Trinajstić information content (AvgIpc) is 2.48. The molecule has 1 heterocycles. The summed E-state index contributed by atoms with van der Waals surface area (Å²) >= 11 is 0. The maximum absolute atomic E-state index is 4.20. The molecule has 2 heteroatoms. The van der Waals surface area contributed by atoms with Crippen molar-refractivity contribution in [3.63, 3.8) is 0 Å². The fourth-order valence-electron chi connectivity index (χ4n) is 2.33. The fourth-order valence-corrected chi connectivity index (χ4v) is 2.33. The van der Waals surface area contributed by atoms with Crippen LogP contribution >= 0.6 is 0 Å². The lowest BCUT2D eigenvalue weighted by molar-refractivity contribution is 0.688. The first kappa shape index (κ1) is 13.8. The summed E-state index contributed by atoms with van der Waals surface area (Å²) in [6.45, 7) is 2.23. The van der Waals surface area contributed by atoms with Gasteiger partial charge >= 0.3 is 0 Å². The Labute approximate surface area is 115 Å². The van der Waals surface area contributed by atoms with Crippen LogP contribution in [0.3, 0.4) is 0 Å². The van der Waals surface area contributed by atoms with Crippen molar-refractivity contribution in [2.24, 2.45) is 0 Å². The molecule has 1 aromatic carbocycles. The largest absolute Gasteiger partial charge is 0.309 e. The SMILES string of the molecule is CCCCc1ccc(C(NC)c2cccnc2)cc1. The minimum Gasteiger partial charge on any atom is -0.309 e. The minimum absolute atomic E-state index is 0.217. The van der Waals surface area contributed by atoms with Crippen molar-refractivity contribution >= 4 is 0 Å². The van der Waals surface area contributed by atoms with Crippen molar-refractivity contribution in [3.8, 4) is 0 Å². The van der Waals surface area contributed by atoms with Crippen molar-refractivity contribution < 1.29 is 0 Å². The number of nitrogens with one attached hydrogen (secondary N) is 1. The Hall–Kier alpha value is -1.67. The third kappa shape index (κ3) is 3.65. The lowest BCUT2D eigenvalue weighted by Crippen LogP contribution is -2.17. The summed E-state index contributed by atoms with van der Waals surface area (Å²) in [7, 11) is 1.99. The molecule has 2 rings (SSSR count). The van der Waals surface area contributed by atoms with E-state index in [9.17, 15) is 0 Å². The number of hydrogen-bond donors (Lipinski definition) is 1. The minimum atomic E-state index is 0.217. The van der Waals surface area contributed by atoms with Crippen molar-refractivity contribution in [2.45, 2.75) is 32.2 Å². The van der Waals surface area contributed by atoms with Crippen LogP contribution in [0.1, 0.15) is 42.5 Å². The molecule has 100 valence electrons. The van der Waals surface area contributed by atoms with E-state index in [4.69, 9.17) is 0 Å². The van der Waals surface area contributed by atoms with Gasteiger partial charge in [-0.1, -0.05) is 43.7 Å². The molecule has 0 radical (unpaired) electrons. The molecule has 1 unspecified atom stereocenters. The number of aryl methyl sites for hydroxylation is 1. The van der Waals surface area contributed by atoms with Crippen molar-refractivity contribution in [1.82, 2.24) is 10.3 Å². The highest BCUT2D eigenvalue weighted by Crippen LogP contribution is 2.21. The number of nitrogens with zero attached hydrogens (tertiary/aromatic N) is 1. The zero-order valence-corrected chi connectivity index (χ0v) is 11.8. The zero-order valence-electron chi connectivity index (χ0n) is 11.8. The van der Waals surface area contributed by atoms with E-state index in [0.717, 1.165) is 0 Å². The van der Waals surface area contributed by atoms with Gasteiger partial charge in [0, 0.05) is 12.4 Å². The van der Waals surface area contributed by atoms with Crippen LogP contribution in [-0.4, -0.2) is 12.0 Å². The average molecular weight is 254 g/mol. The fraction of sp³-hybridized carbons (Fsp3) is 0.353. The molecule has 0 saturated heterocycles. The monoisotopic (exact) mass is 254 g/mol. The topological polar surface area (TPSA) is 24.9 Å². The van der Waals surface area contributed by atoms with Crippen molar-refractivity contribution in [3.05, 3.63) is 65.5 Å². The first-order valence-electron chi connectivity index (χ1n) is 7.01. The molecule has 0 bridgehead atoms. The molecule has 19 heavy (non-hydrogen) atoms. The van der Waals surface area contributed by atoms with E-state index in [0.29, 0.717) is 0 Å². The molecule has 1 atom stereocenters. The summed E-state index contributed by atoms with van der Waals surface area (Å²) in [4.78, 5) is 4.20. The van der Waals surface area contributed by atoms with Gasteiger partial charge in [0.05, 0.1) is 6.04 Å². The van der Waals surface area contributed by atoms with Gasteiger partial charge in [0.15, 0.2) is 0 Å². The standard InChI is InChI=1S/C17H22N2/c1-3-4-6-14-8-10-15(11-9-14)17(18-2)16-7-5-12-19-13-16/h5,7-13,17-18H,3-4,6H2,1-2H3. The predicted octanol–water partition coefficient (Wildman–Crippen LogP) is 3.73. The Bertz CT molecular complexity index is 476. The summed E-state index contributed by atoms with van der Waals surface area (Å²) in [6, 6.07) is 13.2. The maximum Gasteiger partial charge on any atom is 0.0589 e. The second kappa shape index (κ2) is 7.05. The third-order valence-electron chi connectivity index (χ3n) is 3.44. The van der Waals surface area contributed by atoms with Crippen LogP contribution in [0.15, 0.2) is 48.8 Å². The van der Waals surface area contributed by atoms with E-state index >= 15 is 0 Å². The second-order valence-electron chi connectivity index (χ2n) is 4.85. The molecule has 0 aliphatic heterocycles. The molecule has 0 aliphatic rings. The van der Waals surface area contributed by atoms with Gasteiger partial charge in [-0.25, -0.2) is 0 Å². The number of benzene rings is 1. The summed E-state index contributed by atoms with van der Waals surface area (Å²) < 4.78 is 0. The number of aromatic nitrogens is 1. The molecule has 2 aromatic rings. The first-order valence-corrected chi connectivity index (χ1v) is 7.01. The summed E-state index contributed by atoms with van der Waals surface area (Å²) in [5, 5.41) is 3.36. The molecule has 0 fully saturated rings. The van der Waals surface area contributed by atoms with Gasteiger partial charge in [-0.15, -0.1) is 0 Å². The number of pyridine rings is 1. The third-order valence-corrected chi connectivity index (χ3v) is 3.44. The molecule has 0 saturated carbocycles. The van der Waals surface area contributed by atoms with Crippen LogP contribution < -0.4 is 5.32 Å². The summed E-state index contributed by atoms with van der Waals surface area (Å²) in [6.07, 6.45) is 7.41. The number of rotatable bonds is 6. The molecule has 2 nitrogen and oxygen atoms in total. The van der Waals surface area contributed by atoms with Crippen LogP contribution in [0, 0.1) is 0 Å². The highest BCUT2D eigenvalue weighted by molar-refractivity contribution is 5.32. The van der Waals surface area contributed by atoms with E-state index in [1.54, 1.807) is 0 Å². The van der Waals surface area contributed by atoms with E-state index < -0.39 is 0 Å². The van der Waals surface area contributed by atoms with Crippen molar-refractivity contribution in [2.75, 3.05) is 7.05 Å². The highest BCUT2D eigenvalue weighted by Gasteiger charge is 2.11. The van der Waals surface area contributed by atoms with Crippen LogP contribution in [0.25, 0.3) is 0 Å². The Balaban J connectivity index is 2.15. The zero-order chi connectivity index (χ0) is 13.5. The smallest absolute Gasteiger partial charge is 0.0589 e. The second-order valence-corrected chi connectivity index (χ2v) is 4.85. The van der Waals surface area contributed by atoms with E-state index in [1.807, 2.05) is 25.5 Å². The lowest BCUT2D eigenvalue weighted by Gasteiger charge is -2.17. The van der Waals surface area contributed by atoms with Gasteiger partial charge in [0.1, 0.15) is 0 Å². The molecule has 0 amide bonds. The van der Waals surface area contributed by atoms with Gasteiger partial charge in [-0.2, -0.15) is 0 Å². The van der Waals surface area contributed by atoms with Crippen molar-refractivity contribution in [1.29, 1.82) is 0 Å². The molecule has 1 N–H and O–H groups in total. The van der Waals surface area contributed by atoms with Crippen LogP contribution in [0.5, 0.6) is 0 Å². The molecular weight excluding hydrogens is 232 g/mol.